The topological polar surface area (TPSA) is 58.6 Å². The normalized spacial score (nSPS) is 11.8. The molecule has 29 heavy (non-hydrogen) atoms. The third-order valence-corrected chi connectivity index (χ3v) is 4.48. The molecule has 0 aliphatic rings. The van der Waals surface area contributed by atoms with Gasteiger partial charge in [0.2, 0.25) is 5.91 Å². The van der Waals surface area contributed by atoms with Crippen molar-refractivity contribution in [2.24, 2.45) is 5.92 Å². The zero-order chi connectivity index (χ0) is 21.4. The van der Waals surface area contributed by atoms with E-state index in [2.05, 4.69) is 5.32 Å². The van der Waals surface area contributed by atoms with Crippen LogP contribution in [0.3, 0.4) is 0 Å². The number of nitrogens with one attached hydrogen (secondary N) is 1. The molecule has 0 aliphatic heterocycles. The number of para-hydroxylation sites is 1. The molecule has 2 amide bonds. The maximum Gasteiger partial charge on any atom is 0.261 e. The third-order valence-electron chi connectivity index (χ3n) is 4.48. The van der Waals surface area contributed by atoms with Crippen molar-refractivity contribution in [1.29, 1.82) is 0 Å². The van der Waals surface area contributed by atoms with Crippen molar-refractivity contribution in [1.82, 2.24) is 10.2 Å². The molecule has 1 atom stereocenters. The predicted octanol–water partition coefficient (Wildman–Crippen LogP) is 3.70. The summed E-state index contributed by atoms with van der Waals surface area (Å²) in [5, 5.41) is 2.86. The number of rotatable bonds is 9. The number of ether oxygens (including phenoxy) is 1. The van der Waals surface area contributed by atoms with Gasteiger partial charge < -0.3 is 15.0 Å². The number of carbonyl (C=O) groups is 2. The molecule has 0 heterocycles. The second-order valence-corrected chi connectivity index (χ2v) is 7.54. The Kier molecular flexibility index (Phi) is 8.19. The number of aryl methyl sites for hydroxylation is 1. The van der Waals surface area contributed by atoms with Crippen LogP contribution in [0, 0.1) is 18.7 Å². The monoisotopic (exact) mass is 400 g/mol. The highest BCUT2D eigenvalue weighted by Crippen LogP contribution is 2.17. The van der Waals surface area contributed by atoms with Gasteiger partial charge in [0, 0.05) is 13.1 Å². The molecule has 0 saturated heterocycles. The van der Waals surface area contributed by atoms with E-state index in [1.807, 2.05) is 45.0 Å². The summed E-state index contributed by atoms with van der Waals surface area (Å²) in [5.74, 6) is -0.842. The van der Waals surface area contributed by atoms with E-state index in [1.54, 1.807) is 19.1 Å². The summed E-state index contributed by atoms with van der Waals surface area (Å²) in [6, 6.07) is 13.0. The number of benzene rings is 2. The molecule has 1 N–H and O–H groups in total. The Hall–Kier alpha value is -2.89. The van der Waals surface area contributed by atoms with Crippen molar-refractivity contribution in [3.8, 4) is 5.75 Å². The molecule has 2 aromatic carbocycles. The average Bonchev–Trinajstić information content (AvgIpc) is 2.69. The lowest BCUT2D eigenvalue weighted by molar-refractivity contribution is -0.142. The van der Waals surface area contributed by atoms with Crippen LogP contribution in [0.2, 0.25) is 0 Å². The summed E-state index contributed by atoms with van der Waals surface area (Å²) in [4.78, 5) is 26.9. The number of amides is 2. The van der Waals surface area contributed by atoms with Gasteiger partial charge in [-0.3, -0.25) is 9.59 Å². The van der Waals surface area contributed by atoms with Crippen LogP contribution in [0.5, 0.6) is 5.75 Å². The smallest absolute Gasteiger partial charge is 0.261 e. The summed E-state index contributed by atoms with van der Waals surface area (Å²) in [6.07, 6.45) is 0. The van der Waals surface area contributed by atoms with Crippen LogP contribution in [0.1, 0.15) is 31.9 Å². The minimum atomic E-state index is -0.689. The van der Waals surface area contributed by atoms with E-state index in [9.17, 15) is 14.0 Å². The van der Waals surface area contributed by atoms with Crippen LogP contribution in [-0.2, 0) is 16.1 Å². The van der Waals surface area contributed by atoms with Crippen LogP contribution in [0.15, 0.2) is 48.5 Å². The molecule has 0 saturated carbocycles. The molecule has 2 aromatic rings. The van der Waals surface area contributed by atoms with E-state index in [1.165, 1.54) is 17.0 Å². The van der Waals surface area contributed by atoms with Crippen molar-refractivity contribution >= 4 is 11.8 Å². The molecular weight excluding hydrogens is 371 g/mol. The molecular formula is C23H29FN2O3. The first-order valence-electron chi connectivity index (χ1n) is 9.78. The number of hydrogen-bond donors (Lipinski definition) is 1. The Morgan fingerprint density at radius 1 is 1.10 bits per heavy atom. The van der Waals surface area contributed by atoms with Gasteiger partial charge in [-0.05, 0) is 37.5 Å². The summed E-state index contributed by atoms with van der Waals surface area (Å²) < 4.78 is 19.2. The largest absolute Gasteiger partial charge is 0.481 e. The molecule has 5 nitrogen and oxygen atoms in total. The number of nitrogens with zero attached hydrogens (tertiary/aromatic N) is 1. The summed E-state index contributed by atoms with van der Waals surface area (Å²) in [5.41, 5.74) is 1.97. The summed E-state index contributed by atoms with van der Waals surface area (Å²) in [6.45, 7) is 8.10. The van der Waals surface area contributed by atoms with Crippen molar-refractivity contribution in [2.45, 2.75) is 40.3 Å². The highest BCUT2D eigenvalue weighted by Gasteiger charge is 2.26. The highest BCUT2D eigenvalue weighted by molar-refractivity contribution is 5.87. The Balaban J connectivity index is 2.14. The lowest BCUT2D eigenvalue weighted by Gasteiger charge is -2.29. The fraction of sp³-hybridized carbons (Fsp3) is 0.391. The first-order chi connectivity index (χ1) is 13.8. The average molecular weight is 400 g/mol. The highest BCUT2D eigenvalue weighted by atomic mass is 19.1. The summed E-state index contributed by atoms with van der Waals surface area (Å²) in [7, 11) is 0. The number of carbonyl (C=O) groups excluding carboxylic acids is 2. The van der Waals surface area contributed by atoms with E-state index in [0.717, 1.165) is 11.1 Å². The van der Waals surface area contributed by atoms with Gasteiger partial charge in [0.1, 0.15) is 6.04 Å². The van der Waals surface area contributed by atoms with Gasteiger partial charge in [0.25, 0.3) is 5.91 Å². The number of halogens is 1. The molecule has 0 aliphatic carbocycles. The Labute approximate surface area is 171 Å². The molecule has 0 bridgehead atoms. The fourth-order valence-corrected chi connectivity index (χ4v) is 2.83. The number of hydrogen-bond acceptors (Lipinski definition) is 3. The van der Waals surface area contributed by atoms with Crippen LogP contribution in [0.25, 0.3) is 0 Å². The first kappa shape index (κ1) is 22.4. The van der Waals surface area contributed by atoms with Crippen molar-refractivity contribution in [3.05, 3.63) is 65.5 Å². The van der Waals surface area contributed by atoms with Gasteiger partial charge in [-0.25, -0.2) is 4.39 Å². The molecule has 0 radical (unpaired) electrons. The van der Waals surface area contributed by atoms with Gasteiger partial charge in [0.15, 0.2) is 18.2 Å². The van der Waals surface area contributed by atoms with Crippen LogP contribution in [0.4, 0.5) is 4.39 Å². The Bertz CT molecular complexity index is 838. The zero-order valence-corrected chi connectivity index (χ0v) is 17.4. The second kappa shape index (κ2) is 10.6. The molecule has 6 heteroatoms. The first-order valence-corrected chi connectivity index (χ1v) is 9.78. The van der Waals surface area contributed by atoms with Crippen LogP contribution in [-0.4, -0.2) is 35.9 Å². The molecule has 0 fully saturated rings. The Morgan fingerprint density at radius 2 is 1.83 bits per heavy atom. The van der Waals surface area contributed by atoms with Gasteiger partial charge in [-0.2, -0.15) is 0 Å². The minimum Gasteiger partial charge on any atom is -0.481 e. The van der Waals surface area contributed by atoms with E-state index >= 15 is 0 Å². The van der Waals surface area contributed by atoms with Crippen LogP contribution < -0.4 is 10.1 Å². The van der Waals surface area contributed by atoms with E-state index in [-0.39, 0.29) is 30.7 Å². The van der Waals surface area contributed by atoms with E-state index < -0.39 is 11.9 Å². The van der Waals surface area contributed by atoms with Crippen LogP contribution >= 0.6 is 0 Å². The van der Waals surface area contributed by atoms with E-state index in [4.69, 9.17) is 4.74 Å². The van der Waals surface area contributed by atoms with E-state index in [0.29, 0.717) is 12.5 Å². The summed E-state index contributed by atoms with van der Waals surface area (Å²) >= 11 is 0. The van der Waals surface area contributed by atoms with Gasteiger partial charge in [0.05, 0.1) is 0 Å². The fourth-order valence-electron chi connectivity index (χ4n) is 2.83. The van der Waals surface area contributed by atoms with Crippen molar-refractivity contribution < 1.29 is 18.7 Å². The quantitative estimate of drug-likeness (QED) is 0.698. The van der Waals surface area contributed by atoms with Crippen molar-refractivity contribution in [3.63, 3.8) is 0 Å². The minimum absolute atomic E-state index is 0.00766. The SMILES string of the molecule is Cc1cccc(CN(C(=O)COc2ccccc2F)[C@H](C)C(=O)NCC(C)C)c1. The molecule has 156 valence electrons. The predicted molar refractivity (Wildman–Crippen MR) is 111 cm³/mol. The van der Waals surface area contributed by atoms with Gasteiger partial charge in [-0.15, -0.1) is 0 Å². The molecule has 0 aromatic heterocycles. The van der Waals surface area contributed by atoms with Gasteiger partial charge >= 0.3 is 0 Å². The molecule has 0 unspecified atom stereocenters. The zero-order valence-electron chi connectivity index (χ0n) is 17.4. The maximum absolute atomic E-state index is 13.8. The third kappa shape index (κ3) is 6.89. The lowest BCUT2D eigenvalue weighted by atomic mass is 10.1. The van der Waals surface area contributed by atoms with Crippen molar-refractivity contribution in [2.75, 3.05) is 13.2 Å². The standard InChI is InChI=1S/C23H29FN2O3/c1-16(2)13-25-23(28)18(4)26(14-19-9-7-8-17(3)12-19)22(27)15-29-21-11-6-5-10-20(21)24/h5-12,16,18H,13-15H2,1-4H3,(H,25,28)/t18-/m1/s1. The Morgan fingerprint density at radius 3 is 2.48 bits per heavy atom. The molecule has 0 spiro atoms. The lowest BCUT2D eigenvalue weighted by Crippen LogP contribution is -2.49. The van der Waals surface area contributed by atoms with Gasteiger partial charge in [-0.1, -0.05) is 55.8 Å². The second-order valence-electron chi connectivity index (χ2n) is 7.54. The maximum atomic E-state index is 13.8. The molecule has 2 rings (SSSR count).